The molecular formula is C36H58FN5O8. The van der Waals surface area contributed by atoms with Crippen molar-refractivity contribution < 1.29 is 43.0 Å². The third-order valence-corrected chi connectivity index (χ3v) is 9.88. The van der Waals surface area contributed by atoms with E-state index >= 15 is 0 Å². The van der Waals surface area contributed by atoms with Crippen molar-refractivity contribution in [2.45, 2.75) is 96.7 Å². The summed E-state index contributed by atoms with van der Waals surface area (Å²) in [5.74, 6) is -3.32. The summed E-state index contributed by atoms with van der Waals surface area (Å²) in [6.45, 7) is 8.53. The molecule has 50 heavy (non-hydrogen) atoms. The van der Waals surface area contributed by atoms with Crippen LogP contribution in [0.15, 0.2) is 30.3 Å². The van der Waals surface area contributed by atoms with E-state index in [-0.39, 0.29) is 30.7 Å². The van der Waals surface area contributed by atoms with Crippen molar-refractivity contribution in [3.8, 4) is 0 Å². The first-order chi connectivity index (χ1) is 23.6. The lowest BCUT2D eigenvalue weighted by atomic mass is 9.90. The van der Waals surface area contributed by atoms with Gasteiger partial charge in [-0.2, -0.15) is 0 Å². The zero-order valence-corrected chi connectivity index (χ0v) is 31.1. The zero-order chi connectivity index (χ0) is 37.7. The number of carbonyl (C=O) groups is 5. The molecule has 3 N–H and O–H groups in total. The van der Waals surface area contributed by atoms with E-state index in [9.17, 15) is 33.6 Å². The van der Waals surface area contributed by atoms with Crippen molar-refractivity contribution in [3.63, 3.8) is 0 Å². The van der Waals surface area contributed by atoms with Gasteiger partial charge in [-0.1, -0.05) is 71.4 Å². The van der Waals surface area contributed by atoms with Gasteiger partial charge in [0.2, 0.25) is 23.6 Å². The summed E-state index contributed by atoms with van der Waals surface area (Å²) in [7, 11) is 5.72. The molecule has 0 spiro atoms. The van der Waals surface area contributed by atoms with E-state index in [2.05, 4.69) is 10.6 Å². The van der Waals surface area contributed by atoms with Crippen LogP contribution in [-0.2, 0) is 28.7 Å². The molecule has 8 atom stereocenters. The van der Waals surface area contributed by atoms with Gasteiger partial charge in [0.15, 0.2) is 5.78 Å². The molecule has 1 aromatic carbocycles. The molecule has 0 radical (unpaired) electrons. The maximum Gasteiger partial charge on any atom is 0.242 e. The third kappa shape index (κ3) is 11.0. The number of hydrogen-bond acceptors (Lipinski definition) is 9. The number of halogens is 1. The van der Waals surface area contributed by atoms with Crippen LogP contribution < -0.4 is 10.6 Å². The number of amides is 4. The predicted molar refractivity (Wildman–Crippen MR) is 186 cm³/mol. The molecule has 8 unspecified atom stereocenters. The molecule has 1 aromatic rings. The molecule has 4 amide bonds. The van der Waals surface area contributed by atoms with Crippen molar-refractivity contribution in [2.24, 2.45) is 17.8 Å². The minimum atomic E-state index is -1.14. The normalized spacial score (nSPS) is 18.9. The number of nitrogens with one attached hydrogen (secondary N) is 2. The molecule has 1 heterocycles. The van der Waals surface area contributed by atoms with Crippen molar-refractivity contribution in [1.82, 2.24) is 25.6 Å². The Morgan fingerprint density at radius 2 is 1.66 bits per heavy atom. The molecule has 1 aliphatic heterocycles. The van der Waals surface area contributed by atoms with E-state index in [0.717, 1.165) is 7.05 Å². The van der Waals surface area contributed by atoms with Gasteiger partial charge < -0.3 is 35.0 Å². The van der Waals surface area contributed by atoms with Gasteiger partial charge in [-0.05, 0) is 24.7 Å². The number of likely N-dealkylation sites (tertiary alicyclic amines) is 1. The number of ketones is 1. The maximum atomic E-state index is 13.9. The largest absolute Gasteiger partial charge is 0.394 e. The monoisotopic (exact) mass is 707 g/mol. The van der Waals surface area contributed by atoms with E-state index in [1.165, 1.54) is 19.1 Å². The second-order valence-electron chi connectivity index (χ2n) is 13.6. The molecular weight excluding hydrogens is 649 g/mol. The Morgan fingerprint density at radius 1 is 1.02 bits per heavy atom. The van der Waals surface area contributed by atoms with Crippen molar-refractivity contribution in [1.29, 1.82) is 0 Å². The van der Waals surface area contributed by atoms with Crippen LogP contribution in [0.25, 0.3) is 0 Å². The second-order valence-corrected chi connectivity index (χ2v) is 13.6. The van der Waals surface area contributed by atoms with Crippen LogP contribution in [0.2, 0.25) is 0 Å². The van der Waals surface area contributed by atoms with Gasteiger partial charge >= 0.3 is 0 Å². The van der Waals surface area contributed by atoms with Crippen molar-refractivity contribution >= 4 is 29.4 Å². The van der Waals surface area contributed by atoms with Gasteiger partial charge in [-0.3, -0.25) is 24.0 Å². The van der Waals surface area contributed by atoms with Crippen molar-refractivity contribution in [2.75, 3.05) is 48.0 Å². The Kier molecular flexibility index (Phi) is 17.4. The molecule has 0 bridgehead atoms. The lowest BCUT2D eigenvalue weighted by Gasteiger charge is -2.39. The Balaban J connectivity index is 2.17. The Morgan fingerprint density at radius 3 is 2.18 bits per heavy atom. The highest BCUT2D eigenvalue weighted by atomic mass is 19.2. The topological polar surface area (TPSA) is 158 Å². The summed E-state index contributed by atoms with van der Waals surface area (Å²) in [6.07, 6.45) is 0.501. The number of Topliss-reactive ketones (excluding diaryl/α,β-unsaturated/α-hetero) is 1. The summed E-state index contributed by atoms with van der Waals surface area (Å²) in [5.41, 5.74) is 0.361. The van der Waals surface area contributed by atoms with E-state index in [0.29, 0.717) is 36.5 Å². The summed E-state index contributed by atoms with van der Waals surface area (Å²) < 4.78 is 25.6. The molecule has 2 rings (SSSR count). The summed E-state index contributed by atoms with van der Waals surface area (Å²) in [6, 6.07) is 5.24. The highest BCUT2D eigenvalue weighted by molar-refractivity contribution is 6.02. The quantitative estimate of drug-likeness (QED) is 0.137. The first-order valence-corrected chi connectivity index (χ1v) is 17.4. The summed E-state index contributed by atoms with van der Waals surface area (Å²) in [4.78, 5) is 69.4. The number of carbonyl (C=O) groups excluding carboxylic acids is 5. The maximum absolute atomic E-state index is 13.9. The standard InChI is InChI=1S/C36H58FN5O8/c1-10-23(4)32(40(6)30(45)20-38-36(48)31(22(2)3)41(7)37)28(49-8)19-29(44)42-18-14-17-27(42)34(50-9)24(5)35(47)39-26(21-43)33(46)25-15-12-11-13-16-25/h11-13,15-16,22-24,26-28,31-32,34,43H,10,14,17-21H2,1-9H3,(H,38,48)(H,39,47). The van der Waals surface area contributed by atoms with Gasteiger partial charge in [0.1, 0.15) is 12.1 Å². The molecule has 1 fully saturated rings. The molecule has 13 nitrogen and oxygen atoms in total. The van der Waals surface area contributed by atoms with Gasteiger partial charge in [0.05, 0.1) is 49.8 Å². The molecule has 282 valence electrons. The smallest absolute Gasteiger partial charge is 0.242 e. The average molecular weight is 708 g/mol. The van der Waals surface area contributed by atoms with E-state index < -0.39 is 72.4 Å². The zero-order valence-electron chi connectivity index (χ0n) is 31.1. The van der Waals surface area contributed by atoms with Gasteiger partial charge in [0.25, 0.3) is 0 Å². The first kappa shape index (κ1) is 42.7. The molecule has 14 heteroatoms. The van der Waals surface area contributed by atoms with Crippen LogP contribution in [0.5, 0.6) is 0 Å². The number of methoxy groups -OCH3 is 2. The average Bonchev–Trinajstić information content (AvgIpc) is 3.58. The summed E-state index contributed by atoms with van der Waals surface area (Å²) in [5, 5.41) is 15.4. The van der Waals surface area contributed by atoms with Crippen molar-refractivity contribution in [3.05, 3.63) is 35.9 Å². The highest BCUT2D eigenvalue weighted by Crippen LogP contribution is 2.29. The minimum Gasteiger partial charge on any atom is -0.394 e. The Hall–Kier alpha value is -3.46. The fourth-order valence-corrected chi connectivity index (χ4v) is 6.89. The molecule has 1 aliphatic rings. The van der Waals surface area contributed by atoms with Crippen LogP contribution in [-0.4, -0.2) is 134 Å². The molecule has 0 saturated carbocycles. The Labute approximate surface area is 296 Å². The SMILES string of the molecule is CCC(C)C(C(CC(=O)N1CCCC1C(OC)C(C)C(=O)NC(CO)C(=O)c1ccccc1)OC)N(C)C(=O)CNC(=O)C(C(C)C)N(C)F. The number of likely N-dealkylation sites (N-methyl/N-ethyl adjacent to an activating group) is 2. The number of benzene rings is 1. The lowest BCUT2D eigenvalue weighted by Crippen LogP contribution is -2.55. The van der Waals surface area contributed by atoms with Crippen LogP contribution in [0.1, 0.15) is 70.7 Å². The van der Waals surface area contributed by atoms with E-state index in [4.69, 9.17) is 9.47 Å². The van der Waals surface area contributed by atoms with Gasteiger partial charge in [-0.25, -0.2) is 0 Å². The van der Waals surface area contributed by atoms with Crippen LogP contribution in [0.4, 0.5) is 4.48 Å². The minimum absolute atomic E-state index is 0.0524. The molecule has 0 aliphatic carbocycles. The highest BCUT2D eigenvalue weighted by Gasteiger charge is 2.42. The number of aliphatic hydroxyl groups is 1. The number of rotatable bonds is 20. The van der Waals surface area contributed by atoms with Crippen LogP contribution in [0.3, 0.4) is 0 Å². The number of nitrogens with zero attached hydrogens (tertiary/aromatic N) is 3. The summed E-state index contributed by atoms with van der Waals surface area (Å²) >= 11 is 0. The number of aliphatic hydroxyl groups excluding tert-OH is 1. The van der Waals surface area contributed by atoms with Gasteiger partial charge in [0, 0.05) is 40.4 Å². The first-order valence-electron chi connectivity index (χ1n) is 17.4. The predicted octanol–water partition coefficient (Wildman–Crippen LogP) is 2.22. The lowest BCUT2D eigenvalue weighted by molar-refractivity contribution is -0.146. The van der Waals surface area contributed by atoms with E-state index in [1.807, 2.05) is 13.8 Å². The van der Waals surface area contributed by atoms with Gasteiger partial charge in [-0.15, -0.1) is 9.60 Å². The number of ether oxygens (including phenoxy) is 2. The second kappa shape index (κ2) is 20.4. The number of hydrogen-bond donors (Lipinski definition) is 3. The fraction of sp³-hybridized carbons (Fsp3) is 0.694. The fourth-order valence-electron chi connectivity index (χ4n) is 6.89. The molecule has 0 aromatic heterocycles. The van der Waals surface area contributed by atoms with Crippen LogP contribution >= 0.6 is 0 Å². The third-order valence-electron chi connectivity index (χ3n) is 9.88. The Bertz CT molecular complexity index is 1260. The van der Waals surface area contributed by atoms with E-state index in [1.54, 1.807) is 63.1 Å². The van der Waals surface area contributed by atoms with Crippen LogP contribution in [0, 0.1) is 17.8 Å². The molecule has 1 saturated heterocycles.